The van der Waals surface area contributed by atoms with E-state index in [1.54, 1.807) is 11.8 Å². The van der Waals surface area contributed by atoms with Gasteiger partial charge in [-0.1, -0.05) is 64.1 Å². The van der Waals surface area contributed by atoms with E-state index in [0.29, 0.717) is 30.7 Å². The first-order chi connectivity index (χ1) is 14.7. The molecule has 0 aliphatic rings. The zero-order valence-electron chi connectivity index (χ0n) is 19.6. The van der Waals surface area contributed by atoms with E-state index >= 15 is 0 Å². The number of carbonyl (C=O) groups excluding carboxylic acids is 2. The van der Waals surface area contributed by atoms with Crippen LogP contribution in [0.1, 0.15) is 57.2 Å². The summed E-state index contributed by atoms with van der Waals surface area (Å²) in [5, 5.41) is 2.93. The largest absolute Gasteiger partial charge is 0.484 e. The van der Waals surface area contributed by atoms with Gasteiger partial charge < -0.3 is 15.0 Å². The molecule has 2 rings (SSSR count). The van der Waals surface area contributed by atoms with Crippen LogP contribution in [0.25, 0.3) is 0 Å². The Balaban J connectivity index is 2.12. The minimum atomic E-state index is -0.599. The van der Waals surface area contributed by atoms with Gasteiger partial charge in [-0.25, -0.2) is 0 Å². The molecule has 2 aromatic rings. The molecular formula is C26H36N2O3. The van der Waals surface area contributed by atoms with Crippen LogP contribution in [-0.2, 0) is 16.1 Å². The predicted octanol–water partition coefficient (Wildman–Crippen LogP) is 4.69. The molecule has 168 valence electrons. The van der Waals surface area contributed by atoms with Crippen LogP contribution in [-0.4, -0.2) is 35.9 Å². The lowest BCUT2D eigenvalue weighted by Crippen LogP contribution is -2.49. The van der Waals surface area contributed by atoms with Gasteiger partial charge in [-0.15, -0.1) is 0 Å². The molecule has 1 atom stereocenters. The molecule has 0 aliphatic heterocycles. The third kappa shape index (κ3) is 7.42. The zero-order chi connectivity index (χ0) is 23.0. The Morgan fingerprint density at radius 3 is 2.19 bits per heavy atom. The van der Waals surface area contributed by atoms with Gasteiger partial charge in [-0.2, -0.15) is 0 Å². The van der Waals surface area contributed by atoms with E-state index in [-0.39, 0.29) is 18.4 Å². The van der Waals surface area contributed by atoms with Crippen molar-refractivity contribution in [3.63, 3.8) is 0 Å². The molecule has 0 spiro atoms. The van der Waals surface area contributed by atoms with Gasteiger partial charge >= 0.3 is 0 Å². The smallest absolute Gasteiger partial charge is 0.261 e. The fourth-order valence-corrected chi connectivity index (χ4v) is 3.18. The highest BCUT2D eigenvalue weighted by atomic mass is 16.5. The maximum absolute atomic E-state index is 13.1. The zero-order valence-corrected chi connectivity index (χ0v) is 19.6. The monoisotopic (exact) mass is 424 g/mol. The molecule has 31 heavy (non-hydrogen) atoms. The molecule has 1 N–H and O–H groups in total. The van der Waals surface area contributed by atoms with E-state index in [2.05, 4.69) is 19.2 Å². The summed E-state index contributed by atoms with van der Waals surface area (Å²) in [6.45, 7) is 12.9. The van der Waals surface area contributed by atoms with Gasteiger partial charge in [-0.05, 0) is 54.5 Å². The van der Waals surface area contributed by atoms with E-state index in [1.807, 2.05) is 69.3 Å². The third-order valence-corrected chi connectivity index (χ3v) is 5.36. The molecule has 0 radical (unpaired) electrons. The Hall–Kier alpha value is -2.82. The standard InChI is InChI=1S/C26H36N2O3/c1-18(2)15-27-26(30)21(6)28(16-23-10-8-7-9-20(23)5)25(29)17-31-24-13-11-22(12-14-24)19(3)4/h7-14,18-19,21H,15-17H2,1-6H3,(H,27,30)/t21-/m0/s1. The number of benzene rings is 2. The lowest BCUT2D eigenvalue weighted by atomic mass is 10.0. The molecule has 2 amide bonds. The van der Waals surface area contributed by atoms with Crippen molar-refractivity contribution in [3.05, 3.63) is 65.2 Å². The van der Waals surface area contributed by atoms with Crippen molar-refractivity contribution < 1.29 is 14.3 Å². The number of aryl methyl sites for hydroxylation is 1. The summed E-state index contributed by atoms with van der Waals surface area (Å²) in [7, 11) is 0. The number of ether oxygens (including phenoxy) is 1. The maximum Gasteiger partial charge on any atom is 0.261 e. The number of hydrogen-bond donors (Lipinski definition) is 1. The van der Waals surface area contributed by atoms with Gasteiger partial charge in [0.05, 0.1) is 0 Å². The van der Waals surface area contributed by atoms with Gasteiger partial charge in [0.25, 0.3) is 5.91 Å². The first-order valence-electron chi connectivity index (χ1n) is 11.0. The molecule has 0 heterocycles. The van der Waals surface area contributed by atoms with E-state index in [1.165, 1.54) is 5.56 Å². The molecule has 0 saturated heterocycles. The molecule has 5 heteroatoms. The maximum atomic E-state index is 13.1. The van der Waals surface area contributed by atoms with Gasteiger partial charge in [-0.3, -0.25) is 9.59 Å². The number of hydrogen-bond acceptors (Lipinski definition) is 3. The van der Waals surface area contributed by atoms with Crippen molar-refractivity contribution in [2.24, 2.45) is 5.92 Å². The Morgan fingerprint density at radius 1 is 0.968 bits per heavy atom. The molecule has 0 aliphatic carbocycles. The van der Waals surface area contributed by atoms with E-state index < -0.39 is 6.04 Å². The van der Waals surface area contributed by atoms with Crippen molar-refractivity contribution in [2.45, 2.75) is 60.0 Å². The van der Waals surface area contributed by atoms with Crippen LogP contribution in [0.2, 0.25) is 0 Å². The minimum absolute atomic E-state index is 0.116. The molecule has 0 aromatic heterocycles. The SMILES string of the molecule is Cc1ccccc1CN(C(=O)COc1ccc(C(C)C)cc1)[C@@H](C)C(=O)NCC(C)C. The Morgan fingerprint density at radius 2 is 1.61 bits per heavy atom. The second-order valence-corrected chi connectivity index (χ2v) is 8.78. The summed E-state index contributed by atoms with van der Waals surface area (Å²) >= 11 is 0. The molecule has 0 fully saturated rings. The van der Waals surface area contributed by atoms with Crippen LogP contribution in [0.15, 0.2) is 48.5 Å². The summed E-state index contributed by atoms with van der Waals surface area (Å²) in [5.74, 6) is 1.05. The second-order valence-electron chi connectivity index (χ2n) is 8.78. The topological polar surface area (TPSA) is 58.6 Å². The van der Waals surface area contributed by atoms with Crippen LogP contribution in [0.5, 0.6) is 5.75 Å². The lowest BCUT2D eigenvalue weighted by molar-refractivity contribution is -0.142. The Labute approximate surface area is 186 Å². The Bertz CT molecular complexity index is 859. The summed E-state index contributed by atoms with van der Waals surface area (Å²) in [6.07, 6.45) is 0. The molecule has 0 bridgehead atoms. The minimum Gasteiger partial charge on any atom is -0.484 e. The lowest BCUT2D eigenvalue weighted by Gasteiger charge is -2.29. The average molecular weight is 425 g/mol. The van der Waals surface area contributed by atoms with Crippen LogP contribution in [0.3, 0.4) is 0 Å². The van der Waals surface area contributed by atoms with Crippen LogP contribution in [0.4, 0.5) is 0 Å². The van der Waals surface area contributed by atoms with Crippen molar-refractivity contribution in [1.82, 2.24) is 10.2 Å². The molecule has 5 nitrogen and oxygen atoms in total. The van der Waals surface area contributed by atoms with Gasteiger partial charge in [0.1, 0.15) is 11.8 Å². The summed E-state index contributed by atoms with van der Waals surface area (Å²) in [4.78, 5) is 27.4. The summed E-state index contributed by atoms with van der Waals surface area (Å²) < 4.78 is 5.76. The normalized spacial score (nSPS) is 12.0. The molecule has 0 saturated carbocycles. The second kappa shape index (κ2) is 11.5. The van der Waals surface area contributed by atoms with Gasteiger partial charge in [0.15, 0.2) is 6.61 Å². The van der Waals surface area contributed by atoms with E-state index in [9.17, 15) is 9.59 Å². The quantitative estimate of drug-likeness (QED) is 0.602. The number of carbonyl (C=O) groups is 2. The first kappa shape index (κ1) is 24.4. The highest BCUT2D eigenvalue weighted by Gasteiger charge is 2.27. The van der Waals surface area contributed by atoms with Crippen LogP contribution in [0, 0.1) is 12.8 Å². The van der Waals surface area contributed by atoms with Crippen molar-refractivity contribution >= 4 is 11.8 Å². The highest BCUT2D eigenvalue weighted by molar-refractivity contribution is 5.88. The molecule has 0 unspecified atom stereocenters. The third-order valence-electron chi connectivity index (χ3n) is 5.36. The van der Waals surface area contributed by atoms with Crippen LogP contribution >= 0.6 is 0 Å². The summed E-state index contributed by atoms with van der Waals surface area (Å²) in [5.41, 5.74) is 3.32. The van der Waals surface area contributed by atoms with E-state index in [0.717, 1.165) is 11.1 Å². The van der Waals surface area contributed by atoms with E-state index in [4.69, 9.17) is 4.74 Å². The predicted molar refractivity (Wildman–Crippen MR) is 125 cm³/mol. The fraction of sp³-hybridized carbons (Fsp3) is 0.462. The number of amides is 2. The number of rotatable bonds is 10. The van der Waals surface area contributed by atoms with Crippen molar-refractivity contribution in [1.29, 1.82) is 0 Å². The van der Waals surface area contributed by atoms with Gasteiger partial charge in [0.2, 0.25) is 5.91 Å². The van der Waals surface area contributed by atoms with Crippen molar-refractivity contribution in [2.75, 3.05) is 13.2 Å². The molecule has 2 aromatic carbocycles. The fourth-order valence-electron chi connectivity index (χ4n) is 3.18. The number of nitrogens with zero attached hydrogens (tertiary/aromatic N) is 1. The number of nitrogens with one attached hydrogen (secondary N) is 1. The highest BCUT2D eigenvalue weighted by Crippen LogP contribution is 2.19. The molecular weight excluding hydrogens is 388 g/mol. The van der Waals surface area contributed by atoms with Gasteiger partial charge in [0, 0.05) is 13.1 Å². The Kier molecular flexibility index (Phi) is 9.10. The average Bonchev–Trinajstić information content (AvgIpc) is 2.75. The summed E-state index contributed by atoms with van der Waals surface area (Å²) in [6, 6.07) is 15.1. The first-order valence-corrected chi connectivity index (χ1v) is 11.0. The van der Waals surface area contributed by atoms with Crippen molar-refractivity contribution in [3.8, 4) is 5.75 Å². The van der Waals surface area contributed by atoms with Crippen LogP contribution < -0.4 is 10.1 Å².